The Morgan fingerprint density at radius 3 is 1.67 bits per heavy atom. The van der Waals surface area contributed by atoms with Gasteiger partial charge in [0.2, 0.25) is 6.16 Å². The third kappa shape index (κ3) is 64.2. The van der Waals surface area contributed by atoms with Gasteiger partial charge in [-0.3, -0.25) is 0 Å². The summed E-state index contributed by atoms with van der Waals surface area (Å²) in [4.78, 5) is 8.44. The number of hydrogen-bond donors (Lipinski definition) is 1. The van der Waals surface area contributed by atoms with Crippen molar-refractivity contribution in [3.63, 3.8) is 0 Å². The van der Waals surface area contributed by atoms with E-state index in [1.54, 1.807) is 0 Å². The number of hydrogen-bond acceptors (Lipinski definition) is 2. The van der Waals surface area contributed by atoms with E-state index in [4.69, 9.17) is 15.0 Å². The van der Waals surface area contributed by atoms with Crippen LogP contribution in [0.3, 0.4) is 0 Å². The fourth-order valence-electron chi connectivity index (χ4n) is 0. The molecule has 0 amide bonds. The van der Waals surface area contributed by atoms with Crippen LogP contribution in [0.1, 0.15) is 0 Å². The second-order valence-electron chi connectivity index (χ2n) is 0.266. The fourth-order valence-corrected chi connectivity index (χ4v) is 0. The van der Waals surface area contributed by atoms with Crippen LogP contribution in [0.25, 0.3) is 0 Å². The van der Waals surface area contributed by atoms with Gasteiger partial charge >= 0.3 is 56.9 Å². The predicted octanol–water partition coefficient (Wildman–Crippen LogP) is -5.02. The van der Waals surface area contributed by atoms with Crippen molar-refractivity contribution in [2.45, 2.75) is 0 Å². The zero-order valence-electron chi connectivity index (χ0n) is 3.47. The molecule has 3 nitrogen and oxygen atoms in total. The summed E-state index contributed by atoms with van der Waals surface area (Å²) in [7, 11) is 0. The van der Waals surface area contributed by atoms with Crippen LogP contribution in [0.2, 0.25) is 0 Å². The molecular weight excluding hydrogens is 290 g/mol. The van der Waals surface area contributed by atoms with Crippen LogP contribution in [0.15, 0.2) is 0 Å². The van der Waals surface area contributed by atoms with Crippen LogP contribution < -0.4 is 34.7 Å². The summed E-state index contributed by atoms with van der Waals surface area (Å²) in [6.07, 6.45) is -2.08. The van der Waals surface area contributed by atoms with Gasteiger partial charge < -0.3 is 15.0 Å². The van der Waals surface area contributed by atoms with Gasteiger partial charge in [0.05, 0.1) is 0 Å². The van der Waals surface area contributed by atoms with Crippen molar-refractivity contribution >= 4 is 33.5 Å². The molecule has 0 saturated carbocycles. The Labute approximate surface area is 77.2 Å². The van der Waals surface area contributed by atoms with Gasteiger partial charge in [0.15, 0.2) is 0 Å². The van der Waals surface area contributed by atoms with E-state index in [1.165, 1.54) is 0 Å². The van der Waals surface area contributed by atoms with Gasteiger partial charge in [0, 0.05) is 0 Å². The van der Waals surface area contributed by atoms with Gasteiger partial charge in [-0.15, -0.1) is 0 Å². The Kier molecular flexibility index (Phi) is 24.8. The van der Waals surface area contributed by atoms with Crippen molar-refractivity contribution in [1.29, 1.82) is 0 Å². The molecule has 0 spiro atoms. The molecule has 30 valence electrons. The molecule has 0 bridgehead atoms. The van der Waals surface area contributed by atoms with Gasteiger partial charge in [0.25, 0.3) is 0 Å². The fraction of sp³-hybridized carbons (Fsp3) is 0. The van der Waals surface area contributed by atoms with Crippen LogP contribution in [-0.4, -0.2) is 38.6 Å². The van der Waals surface area contributed by atoms with Gasteiger partial charge in [-0.25, -0.2) is 0 Å². The SMILES string of the molecule is O=C([O-])O.[Na+].[PbH2]. The number of carbonyl (C=O) groups is 1. The average Bonchev–Trinajstić information content (AvgIpc) is 0.811. The zero-order valence-corrected chi connectivity index (χ0v) is 11.0. The topological polar surface area (TPSA) is 60.4 Å². The first-order valence-corrected chi connectivity index (χ1v) is 0.632. The molecule has 0 aromatic rings. The van der Waals surface area contributed by atoms with E-state index in [9.17, 15) is 0 Å². The summed E-state index contributed by atoms with van der Waals surface area (Å²) < 4.78 is 0. The van der Waals surface area contributed by atoms with Crippen molar-refractivity contribution < 1.29 is 44.6 Å². The molecule has 0 heterocycles. The Bertz CT molecular complexity index is 33.8. The van der Waals surface area contributed by atoms with Crippen molar-refractivity contribution in [3.05, 3.63) is 0 Å². The molecule has 0 fully saturated rings. The normalized spacial score (nSPS) is 4.00. The van der Waals surface area contributed by atoms with Crippen LogP contribution in [-0.2, 0) is 0 Å². The first-order chi connectivity index (χ1) is 1.73. The van der Waals surface area contributed by atoms with Gasteiger partial charge in [-0.05, 0) is 0 Å². The summed E-state index contributed by atoms with van der Waals surface area (Å²) >= 11 is 0. The molecule has 1 N–H and O–H groups in total. The van der Waals surface area contributed by atoms with E-state index in [0.29, 0.717) is 0 Å². The van der Waals surface area contributed by atoms with E-state index in [0.717, 1.165) is 0 Å². The molecular formula is CH3NaO3Pb. The van der Waals surface area contributed by atoms with E-state index in [2.05, 4.69) is 0 Å². The molecule has 0 rings (SSSR count). The zero-order chi connectivity index (χ0) is 3.58. The molecule has 0 atom stereocenters. The molecule has 0 aliphatic heterocycles. The molecule has 0 aliphatic rings. The summed E-state index contributed by atoms with van der Waals surface area (Å²) in [6.45, 7) is 0. The summed E-state index contributed by atoms with van der Waals surface area (Å²) in [5.41, 5.74) is 0. The number of rotatable bonds is 0. The van der Waals surface area contributed by atoms with E-state index >= 15 is 0 Å². The Morgan fingerprint density at radius 1 is 1.67 bits per heavy atom. The molecule has 0 aromatic heterocycles. The Balaban J connectivity index is -0.0000000450. The minimum absolute atomic E-state index is 0. The van der Waals surface area contributed by atoms with Gasteiger partial charge in [0.1, 0.15) is 0 Å². The molecule has 0 saturated heterocycles. The predicted molar refractivity (Wildman–Crippen MR) is 16.6 cm³/mol. The summed E-state index contributed by atoms with van der Waals surface area (Å²) in [5, 5.41) is 15.3. The van der Waals surface area contributed by atoms with Gasteiger partial charge in [-0.1, -0.05) is 0 Å². The second kappa shape index (κ2) is 9.50. The molecule has 5 heteroatoms. The minimum atomic E-state index is -2.08. The van der Waals surface area contributed by atoms with E-state index < -0.39 is 6.16 Å². The maximum atomic E-state index is 8.44. The van der Waals surface area contributed by atoms with Crippen molar-refractivity contribution in [1.82, 2.24) is 0 Å². The average molecular weight is 293 g/mol. The van der Waals surface area contributed by atoms with Gasteiger partial charge in [-0.2, -0.15) is 0 Å². The van der Waals surface area contributed by atoms with Crippen LogP contribution >= 0.6 is 0 Å². The van der Waals surface area contributed by atoms with Crippen LogP contribution in [0, 0.1) is 0 Å². The monoisotopic (exact) mass is 294 g/mol. The van der Waals surface area contributed by atoms with Crippen LogP contribution in [0.4, 0.5) is 4.79 Å². The summed E-state index contributed by atoms with van der Waals surface area (Å²) in [6, 6.07) is 0. The first-order valence-electron chi connectivity index (χ1n) is 0.632. The van der Waals surface area contributed by atoms with E-state index in [1.807, 2.05) is 0 Å². The third-order valence-corrected chi connectivity index (χ3v) is 0. The Hall–Kier alpha value is 1.19. The molecule has 2 radical (unpaired) electrons. The quantitative estimate of drug-likeness (QED) is 0.455. The van der Waals surface area contributed by atoms with E-state index in [-0.39, 0.29) is 56.9 Å². The van der Waals surface area contributed by atoms with Crippen molar-refractivity contribution in [3.8, 4) is 0 Å². The number of carboxylic acid groups (broad SMARTS) is 2. The Morgan fingerprint density at radius 2 is 1.67 bits per heavy atom. The molecule has 0 unspecified atom stereocenters. The van der Waals surface area contributed by atoms with Crippen LogP contribution in [0.5, 0.6) is 0 Å². The van der Waals surface area contributed by atoms with Crippen molar-refractivity contribution in [2.24, 2.45) is 0 Å². The molecule has 6 heavy (non-hydrogen) atoms. The molecule has 0 aliphatic carbocycles. The molecule has 0 aromatic carbocycles. The summed E-state index contributed by atoms with van der Waals surface area (Å²) in [5.74, 6) is 0. The second-order valence-corrected chi connectivity index (χ2v) is 0.266. The standard InChI is InChI=1S/CH2O3.Na.Pb.2H/c2-1(3)4;;;;/h(H2,2,3,4);;;;/q;+1;;;/p-1. The third-order valence-electron chi connectivity index (χ3n) is 0. The maximum absolute atomic E-state index is 8.44. The van der Waals surface area contributed by atoms with Crippen molar-refractivity contribution in [2.75, 3.05) is 0 Å². The first kappa shape index (κ1) is 15.7.